The Morgan fingerprint density at radius 2 is 2.24 bits per heavy atom. The van der Waals surface area contributed by atoms with E-state index in [9.17, 15) is 10.1 Å². The molecular weight excluding hydrogens is 222 g/mol. The molecule has 0 aliphatic carbocycles. The van der Waals surface area contributed by atoms with Crippen LogP contribution in [0.1, 0.15) is 0 Å². The third kappa shape index (κ3) is 4.09. The molecule has 1 aromatic rings. The first-order chi connectivity index (χ1) is 8.15. The molecule has 0 unspecified atom stereocenters. The Morgan fingerprint density at radius 3 is 2.88 bits per heavy atom. The summed E-state index contributed by atoms with van der Waals surface area (Å²) in [6.45, 7) is 1.16. The fraction of sp³-hybridized carbons (Fsp3) is 0.364. The van der Waals surface area contributed by atoms with E-state index in [4.69, 9.17) is 10.00 Å². The van der Waals surface area contributed by atoms with E-state index in [0.717, 1.165) is 0 Å². The van der Waals surface area contributed by atoms with Crippen LogP contribution in [0.25, 0.3) is 0 Å². The zero-order valence-corrected chi connectivity index (χ0v) is 9.50. The smallest absolute Gasteiger partial charge is 0.310 e. The topological polar surface area (TPSA) is 79.4 Å². The van der Waals surface area contributed by atoms with Crippen molar-refractivity contribution in [3.05, 3.63) is 34.4 Å². The molecule has 17 heavy (non-hydrogen) atoms. The predicted molar refractivity (Wildman–Crippen MR) is 61.7 cm³/mol. The lowest BCUT2D eigenvalue weighted by molar-refractivity contribution is -0.385. The molecule has 0 radical (unpaired) electrons. The normalized spacial score (nSPS) is 9.94. The van der Waals surface area contributed by atoms with Crippen molar-refractivity contribution in [1.29, 1.82) is 5.26 Å². The summed E-state index contributed by atoms with van der Waals surface area (Å²) in [6, 6.07) is 8.23. The van der Waals surface area contributed by atoms with Crippen LogP contribution in [-0.4, -0.2) is 36.6 Å². The van der Waals surface area contributed by atoms with E-state index < -0.39 is 4.92 Å². The summed E-state index contributed by atoms with van der Waals surface area (Å²) in [5.41, 5.74) is -0.0459. The van der Waals surface area contributed by atoms with E-state index in [0.29, 0.717) is 19.7 Å². The highest BCUT2D eigenvalue weighted by atomic mass is 16.6. The minimum Gasteiger partial charge on any atom is -0.485 e. The molecule has 0 aliphatic heterocycles. The van der Waals surface area contributed by atoms with Gasteiger partial charge in [-0.2, -0.15) is 5.26 Å². The number of rotatable bonds is 6. The van der Waals surface area contributed by atoms with Crippen molar-refractivity contribution in [2.45, 2.75) is 0 Å². The minimum atomic E-state index is -0.478. The molecule has 0 saturated carbocycles. The van der Waals surface area contributed by atoms with Crippen molar-refractivity contribution in [2.24, 2.45) is 0 Å². The van der Waals surface area contributed by atoms with Gasteiger partial charge in [-0.25, -0.2) is 0 Å². The van der Waals surface area contributed by atoms with Crippen LogP contribution in [0.5, 0.6) is 5.75 Å². The number of nitriles is 1. The second-order valence-corrected chi connectivity index (χ2v) is 3.47. The van der Waals surface area contributed by atoms with Gasteiger partial charge in [0.2, 0.25) is 0 Å². The Kier molecular flexibility index (Phi) is 4.91. The van der Waals surface area contributed by atoms with Crippen LogP contribution in [0.4, 0.5) is 5.69 Å². The van der Waals surface area contributed by atoms with E-state index in [1.165, 1.54) is 6.07 Å². The van der Waals surface area contributed by atoms with Gasteiger partial charge in [-0.3, -0.25) is 15.0 Å². The van der Waals surface area contributed by atoms with Crippen LogP contribution in [0.2, 0.25) is 0 Å². The maximum Gasteiger partial charge on any atom is 0.310 e. The van der Waals surface area contributed by atoms with Gasteiger partial charge >= 0.3 is 5.69 Å². The van der Waals surface area contributed by atoms with Crippen molar-refractivity contribution in [2.75, 3.05) is 26.7 Å². The highest BCUT2D eigenvalue weighted by Crippen LogP contribution is 2.25. The number of benzene rings is 1. The van der Waals surface area contributed by atoms with Crippen molar-refractivity contribution < 1.29 is 9.66 Å². The van der Waals surface area contributed by atoms with Gasteiger partial charge in [0.25, 0.3) is 0 Å². The molecule has 6 heteroatoms. The van der Waals surface area contributed by atoms with Gasteiger partial charge in [-0.15, -0.1) is 0 Å². The number of likely N-dealkylation sites (N-methyl/N-ethyl adjacent to an activating group) is 1. The molecule has 0 atom stereocenters. The van der Waals surface area contributed by atoms with Gasteiger partial charge in [0.05, 0.1) is 17.5 Å². The number of para-hydroxylation sites is 2. The van der Waals surface area contributed by atoms with Crippen LogP contribution < -0.4 is 4.74 Å². The molecular formula is C11H13N3O3. The molecule has 1 aromatic carbocycles. The van der Waals surface area contributed by atoms with E-state index in [1.807, 2.05) is 6.07 Å². The van der Waals surface area contributed by atoms with Crippen LogP contribution in [0, 0.1) is 21.4 Å². The van der Waals surface area contributed by atoms with Crippen LogP contribution in [0.15, 0.2) is 24.3 Å². The number of nitro benzene ring substituents is 1. The van der Waals surface area contributed by atoms with Crippen LogP contribution in [0.3, 0.4) is 0 Å². The van der Waals surface area contributed by atoms with Gasteiger partial charge in [0.1, 0.15) is 6.61 Å². The number of hydrogen-bond donors (Lipinski definition) is 0. The number of hydrogen-bond acceptors (Lipinski definition) is 5. The molecule has 0 bridgehead atoms. The Bertz CT molecular complexity index is 428. The number of ether oxygens (including phenoxy) is 1. The summed E-state index contributed by atoms with van der Waals surface area (Å²) in [5, 5.41) is 19.1. The largest absolute Gasteiger partial charge is 0.485 e. The zero-order valence-electron chi connectivity index (χ0n) is 9.50. The van der Waals surface area contributed by atoms with Gasteiger partial charge in [-0.1, -0.05) is 12.1 Å². The maximum absolute atomic E-state index is 10.7. The summed E-state index contributed by atoms with van der Waals surface area (Å²) in [7, 11) is 1.78. The van der Waals surface area contributed by atoms with Gasteiger partial charge in [0, 0.05) is 12.6 Å². The molecule has 6 nitrogen and oxygen atoms in total. The van der Waals surface area contributed by atoms with Crippen molar-refractivity contribution in [3.8, 4) is 11.8 Å². The minimum absolute atomic E-state index is 0.0459. The summed E-state index contributed by atoms with van der Waals surface area (Å²) >= 11 is 0. The summed E-state index contributed by atoms with van der Waals surface area (Å²) in [6.07, 6.45) is 0. The molecule has 90 valence electrons. The Hall–Kier alpha value is -2.13. The molecule has 0 spiro atoms. The highest BCUT2D eigenvalue weighted by molar-refractivity contribution is 5.45. The van der Waals surface area contributed by atoms with E-state index >= 15 is 0 Å². The van der Waals surface area contributed by atoms with E-state index in [1.54, 1.807) is 30.1 Å². The summed E-state index contributed by atoms with van der Waals surface area (Å²) in [5.74, 6) is 0.253. The molecule has 0 N–H and O–H groups in total. The molecule has 0 fully saturated rings. The van der Waals surface area contributed by atoms with Crippen molar-refractivity contribution in [1.82, 2.24) is 4.90 Å². The molecule has 1 rings (SSSR count). The van der Waals surface area contributed by atoms with Crippen molar-refractivity contribution >= 4 is 5.69 Å². The fourth-order valence-electron chi connectivity index (χ4n) is 1.24. The van der Waals surface area contributed by atoms with Gasteiger partial charge < -0.3 is 4.74 Å². The predicted octanol–water partition coefficient (Wildman–Crippen LogP) is 1.43. The Morgan fingerprint density at radius 1 is 1.53 bits per heavy atom. The fourth-order valence-corrected chi connectivity index (χ4v) is 1.24. The summed E-state index contributed by atoms with van der Waals surface area (Å²) < 4.78 is 5.32. The molecule has 0 saturated heterocycles. The van der Waals surface area contributed by atoms with Crippen LogP contribution in [-0.2, 0) is 0 Å². The average Bonchev–Trinajstić information content (AvgIpc) is 2.30. The van der Waals surface area contributed by atoms with E-state index in [2.05, 4.69) is 0 Å². The lowest BCUT2D eigenvalue weighted by atomic mass is 10.3. The number of nitrogens with zero attached hydrogens (tertiary/aromatic N) is 3. The molecule has 0 aromatic heterocycles. The first-order valence-electron chi connectivity index (χ1n) is 5.07. The van der Waals surface area contributed by atoms with Gasteiger partial charge in [-0.05, 0) is 13.1 Å². The monoisotopic (exact) mass is 235 g/mol. The Balaban J connectivity index is 2.52. The second kappa shape index (κ2) is 6.45. The third-order valence-corrected chi connectivity index (χ3v) is 2.13. The first kappa shape index (κ1) is 12.9. The van der Waals surface area contributed by atoms with Gasteiger partial charge in [0.15, 0.2) is 5.75 Å². The Labute approximate surface area is 99.2 Å². The highest BCUT2D eigenvalue weighted by Gasteiger charge is 2.13. The lowest BCUT2D eigenvalue weighted by Gasteiger charge is -2.12. The molecule has 0 amide bonds. The second-order valence-electron chi connectivity index (χ2n) is 3.47. The average molecular weight is 235 g/mol. The quantitative estimate of drug-likeness (QED) is 0.423. The lowest BCUT2D eigenvalue weighted by Crippen LogP contribution is -2.24. The zero-order chi connectivity index (χ0) is 12.7. The standard InChI is InChI=1S/C11H13N3O3/c1-13(7-6-12)8-9-17-11-5-3-2-4-10(11)14(15)16/h2-5H,7-9H2,1H3. The maximum atomic E-state index is 10.7. The van der Waals surface area contributed by atoms with Crippen molar-refractivity contribution in [3.63, 3.8) is 0 Å². The first-order valence-corrected chi connectivity index (χ1v) is 5.07. The summed E-state index contributed by atoms with van der Waals surface area (Å²) in [4.78, 5) is 12.0. The van der Waals surface area contributed by atoms with Crippen LogP contribution >= 0.6 is 0 Å². The number of nitro groups is 1. The molecule has 0 heterocycles. The molecule has 0 aliphatic rings. The SMILES string of the molecule is CN(CC#N)CCOc1ccccc1[N+](=O)[O-]. The third-order valence-electron chi connectivity index (χ3n) is 2.13. The van der Waals surface area contributed by atoms with E-state index in [-0.39, 0.29) is 11.4 Å².